The molecule has 0 radical (unpaired) electrons. The highest BCUT2D eigenvalue weighted by Gasteiger charge is 2.30. The maximum atomic E-state index is 13.0. The Kier molecular flexibility index (Phi) is 5.15. The lowest BCUT2D eigenvalue weighted by atomic mass is 9.97. The van der Waals surface area contributed by atoms with Gasteiger partial charge in [0.25, 0.3) is 5.91 Å². The van der Waals surface area contributed by atoms with Crippen LogP contribution < -0.4 is 5.69 Å². The lowest BCUT2D eigenvalue weighted by Crippen LogP contribution is -2.42. The number of halogens is 1. The summed E-state index contributed by atoms with van der Waals surface area (Å²) in [7, 11) is 1.49. The van der Waals surface area contributed by atoms with Crippen molar-refractivity contribution >= 4 is 11.9 Å². The molecule has 138 valence electrons. The molecule has 1 fully saturated rings. The number of esters is 1. The van der Waals surface area contributed by atoms with Gasteiger partial charge in [-0.3, -0.25) is 14.6 Å². The third-order valence-corrected chi connectivity index (χ3v) is 4.30. The summed E-state index contributed by atoms with van der Waals surface area (Å²) in [6.07, 6.45) is 1.29. The lowest BCUT2D eigenvalue weighted by Gasteiger charge is -2.31. The Morgan fingerprint density at radius 2 is 2.08 bits per heavy atom. The van der Waals surface area contributed by atoms with Gasteiger partial charge in [-0.15, -0.1) is 0 Å². The average Bonchev–Trinajstić information content (AvgIpc) is 2.97. The first-order valence-electron chi connectivity index (χ1n) is 8.27. The number of nitrogens with one attached hydrogen (secondary N) is 1. The smallest absolute Gasteiger partial charge is 0.343 e. The molecule has 0 bridgehead atoms. The number of carbonyl (C=O) groups excluding carboxylic acids is 2. The van der Waals surface area contributed by atoms with Gasteiger partial charge in [-0.05, 0) is 37.1 Å². The van der Waals surface area contributed by atoms with Crippen molar-refractivity contribution in [1.29, 1.82) is 0 Å². The first-order valence-corrected chi connectivity index (χ1v) is 8.27. The molecule has 0 unspecified atom stereocenters. The molecule has 2 aromatic rings. The number of aromatic nitrogens is 3. The molecule has 0 saturated carbocycles. The standard InChI is InChI=1S/C17H19FN4O4/c1-21-17(25)19-14(20-21)10-26-16(24)12-3-2-8-22(9-12)15(23)11-4-6-13(18)7-5-11/h4-7,12H,2-3,8-10H2,1H3,(H,19,20,25)/t12-/m0/s1. The molecule has 1 N–H and O–H groups in total. The number of likely N-dealkylation sites (tertiary alicyclic amines) is 1. The number of benzene rings is 1. The molecule has 1 aromatic carbocycles. The topological polar surface area (TPSA) is 97.3 Å². The minimum Gasteiger partial charge on any atom is -0.457 e. The van der Waals surface area contributed by atoms with Crippen LogP contribution in [0.25, 0.3) is 0 Å². The minimum absolute atomic E-state index is 0.128. The monoisotopic (exact) mass is 362 g/mol. The maximum absolute atomic E-state index is 13.0. The van der Waals surface area contributed by atoms with Crippen molar-refractivity contribution < 1.29 is 18.7 Å². The average molecular weight is 362 g/mol. The Hall–Kier alpha value is -2.97. The van der Waals surface area contributed by atoms with Gasteiger partial charge in [-0.25, -0.2) is 13.9 Å². The predicted molar refractivity (Wildman–Crippen MR) is 88.7 cm³/mol. The molecule has 3 rings (SSSR count). The maximum Gasteiger partial charge on any atom is 0.343 e. The number of carbonyl (C=O) groups is 2. The second kappa shape index (κ2) is 7.51. The van der Waals surface area contributed by atoms with Gasteiger partial charge < -0.3 is 9.64 Å². The Balaban J connectivity index is 1.58. The summed E-state index contributed by atoms with van der Waals surface area (Å²) in [6, 6.07) is 5.32. The van der Waals surface area contributed by atoms with E-state index in [9.17, 15) is 18.8 Å². The van der Waals surface area contributed by atoms with Crippen molar-refractivity contribution in [2.24, 2.45) is 13.0 Å². The molecule has 0 spiro atoms. The molecule has 1 atom stereocenters. The van der Waals surface area contributed by atoms with Crippen LogP contribution in [0.2, 0.25) is 0 Å². The Morgan fingerprint density at radius 3 is 2.73 bits per heavy atom. The van der Waals surface area contributed by atoms with E-state index < -0.39 is 17.7 Å². The van der Waals surface area contributed by atoms with E-state index >= 15 is 0 Å². The van der Waals surface area contributed by atoms with E-state index in [0.717, 1.165) is 4.68 Å². The lowest BCUT2D eigenvalue weighted by molar-refractivity contribution is -0.151. The summed E-state index contributed by atoms with van der Waals surface area (Å²) >= 11 is 0. The number of hydrogen-bond acceptors (Lipinski definition) is 5. The van der Waals surface area contributed by atoms with Crippen molar-refractivity contribution in [3.05, 3.63) is 52.0 Å². The first-order chi connectivity index (χ1) is 12.4. The van der Waals surface area contributed by atoms with E-state index in [1.54, 1.807) is 4.90 Å². The second-order valence-corrected chi connectivity index (χ2v) is 6.21. The fourth-order valence-electron chi connectivity index (χ4n) is 2.91. The Labute approximate surface area is 148 Å². The van der Waals surface area contributed by atoms with Crippen LogP contribution in [-0.4, -0.2) is 44.6 Å². The summed E-state index contributed by atoms with van der Waals surface area (Å²) in [5.41, 5.74) is -0.00346. The summed E-state index contributed by atoms with van der Waals surface area (Å²) in [4.78, 5) is 40.1. The quantitative estimate of drug-likeness (QED) is 0.813. The van der Waals surface area contributed by atoms with Crippen molar-refractivity contribution in [2.45, 2.75) is 19.4 Å². The molecular weight excluding hydrogens is 343 g/mol. The van der Waals surface area contributed by atoms with Crippen molar-refractivity contribution in [3.8, 4) is 0 Å². The van der Waals surface area contributed by atoms with Gasteiger partial charge in [0.1, 0.15) is 5.82 Å². The zero-order chi connectivity index (χ0) is 18.7. The van der Waals surface area contributed by atoms with Crippen LogP contribution in [0.1, 0.15) is 29.0 Å². The van der Waals surface area contributed by atoms with Gasteiger partial charge >= 0.3 is 11.7 Å². The Bertz CT molecular complexity index is 858. The van der Waals surface area contributed by atoms with E-state index in [1.165, 1.54) is 31.3 Å². The highest BCUT2D eigenvalue weighted by Crippen LogP contribution is 2.20. The van der Waals surface area contributed by atoms with E-state index in [2.05, 4.69) is 10.1 Å². The Morgan fingerprint density at radius 1 is 1.35 bits per heavy atom. The van der Waals surface area contributed by atoms with Gasteiger partial charge in [0, 0.05) is 25.7 Å². The van der Waals surface area contributed by atoms with Crippen molar-refractivity contribution in [2.75, 3.05) is 13.1 Å². The van der Waals surface area contributed by atoms with Gasteiger partial charge in [0.05, 0.1) is 5.92 Å². The number of piperidine rings is 1. The molecule has 8 nitrogen and oxygen atoms in total. The third-order valence-electron chi connectivity index (χ3n) is 4.30. The summed E-state index contributed by atoms with van der Waals surface area (Å²) in [6.45, 7) is 0.651. The summed E-state index contributed by atoms with van der Waals surface area (Å²) in [5.74, 6) is -1.26. The van der Waals surface area contributed by atoms with Gasteiger partial charge in [-0.1, -0.05) is 0 Å². The van der Waals surface area contributed by atoms with Crippen LogP contribution in [0.15, 0.2) is 29.1 Å². The van der Waals surface area contributed by atoms with E-state index in [-0.39, 0.29) is 30.6 Å². The fraction of sp³-hybridized carbons (Fsp3) is 0.412. The van der Waals surface area contributed by atoms with Crippen LogP contribution in [0.4, 0.5) is 4.39 Å². The molecule has 9 heteroatoms. The van der Waals surface area contributed by atoms with E-state index in [4.69, 9.17) is 4.74 Å². The number of aromatic amines is 1. The van der Waals surface area contributed by atoms with Gasteiger partial charge in [0.2, 0.25) is 0 Å². The minimum atomic E-state index is -0.441. The number of rotatable bonds is 4. The normalized spacial score (nSPS) is 17.2. The molecule has 1 amide bonds. The molecule has 0 aliphatic carbocycles. The number of nitrogens with zero attached hydrogens (tertiary/aromatic N) is 3. The summed E-state index contributed by atoms with van der Waals surface area (Å²) in [5, 5.41) is 3.89. The molecule has 1 aliphatic rings. The molecule has 1 saturated heterocycles. The summed E-state index contributed by atoms with van der Waals surface area (Å²) < 4.78 is 19.3. The second-order valence-electron chi connectivity index (χ2n) is 6.21. The van der Waals surface area contributed by atoms with E-state index in [0.29, 0.717) is 24.9 Å². The fourth-order valence-corrected chi connectivity index (χ4v) is 2.91. The van der Waals surface area contributed by atoms with Crippen LogP contribution in [0.3, 0.4) is 0 Å². The SMILES string of the molecule is Cn1nc(COC(=O)[C@H]2CCCN(C(=O)c3ccc(F)cc3)C2)[nH]c1=O. The molecule has 1 aromatic heterocycles. The first kappa shape index (κ1) is 17.8. The third kappa shape index (κ3) is 3.98. The molecule has 26 heavy (non-hydrogen) atoms. The number of ether oxygens (including phenoxy) is 1. The number of hydrogen-bond donors (Lipinski definition) is 1. The zero-order valence-electron chi connectivity index (χ0n) is 14.3. The van der Waals surface area contributed by atoms with Crippen LogP contribution in [0.5, 0.6) is 0 Å². The highest BCUT2D eigenvalue weighted by molar-refractivity contribution is 5.94. The van der Waals surface area contributed by atoms with Crippen LogP contribution in [0, 0.1) is 11.7 Å². The van der Waals surface area contributed by atoms with Gasteiger partial charge in [-0.2, -0.15) is 5.10 Å². The van der Waals surface area contributed by atoms with Crippen LogP contribution >= 0.6 is 0 Å². The molecular formula is C17H19FN4O4. The number of aryl methyl sites for hydroxylation is 1. The molecule has 1 aliphatic heterocycles. The molecule has 2 heterocycles. The van der Waals surface area contributed by atoms with Gasteiger partial charge in [0.15, 0.2) is 12.4 Å². The number of H-pyrrole nitrogens is 1. The van der Waals surface area contributed by atoms with Crippen molar-refractivity contribution in [1.82, 2.24) is 19.7 Å². The largest absolute Gasteiger partial charge is 0.457 e. The van der Waals surface area contributed by atoms with Crippen molar-refractivity contribution in [3.63, 3.8) is 0 Å². The predicted octanol–water partition coefficient (Wildman–Crippen LogP) is 0.843. The van der Waals surface area contributed by atoms with E-state index in [1.807, 2.05) is 0 Å². The zero-order valence-corrected chi connectivity index (χ0v) is 14.3. The highest BCUT2D eigenvalue weighted by atomic mass is 19.1. The number of amides is 1. The van der Waals surface area contributed by atoms with Crippen LogP contribution in [-0.2, 0) is 23.2 Å².